The van der Waals surface area contributed by atoms with Crippen LogP contribution >= 0.6 is 15.9 Å². The van der Waals surface area contributed by atoms with Crippen LogP contribution in [-0.4, -0.2) is 5.33 Å². The highest BCUT2D eigenvalue weighted by atomic mass is 79.9. The largest absolute Gasteiger partial charge is 0.207 e. The van der Waals surface area contributed by atoms with E-state index in [4.69, 9.17) is 0 Å². The molecule has 0 saturated heterocycles. The Balaban J connectivity index is 2.77. The first-order valence-electron chi connectivity index (χ1n) is 4.90. The van der Waals surface area contributed by atoms with Crippen molar-refractivity contribution in [1.29, 1.82) is 0 Å². The van der Waals surface area contributed by atoms with Crippen molar-refractivity contribution in [3.8, 4) is 0 Å². The van der Waals surface area contributed by atoms with Crippen molar-refractivity contribution in [3.05, 3.63) is 35.6 Å². The molecule has 1 atom stereocenters. The van der Waals surface area contributed by atoms with E-state index in [0.29, 0.717) is 0 Å². The fourth-order valence-electron chi connectivity index (χ4n) is 1.41. The SMILES string of the molecule is CCC(C)(CBr)Cc1cccc(F)c1. The van der Waals surface area contributed by atoms with Crippen LogP contribution in [0.1, 0.15) is 25.8 Å². The maximum Gasteiger partial charge on any atom is 0.123 e. The summed E-state index contributed by atoms with van der Waals surface area (Å²) in [6.45, 7) is 4.38. The lowest BCUT2D eigenvalue weighted by molar-refractivity contribution is 0.361. The topological polar surface area (TPSA) is 0 Å². The first-order chi connectivity index (χ1) is 6.59. The molecule has 0 saturated carbocycles. The van der Waals surface area contributed by atoms with Crippen LogP contribution in [0, 0.1) is 11.2 Å². The van der Waals surface area contributed by atoms with Crippen LogP contribution in [0.4, 0.5) is 4.39 Å². The third kappa shape index (κ3) is 3.09. The van der Waals surface area contributed by atoms with Gasteiger partial charge in [0.1, 0.15) is 5.82 Å². The molecule has 1 rings (SSSR count). The summed E-state index contributed by atoms with van der Waals surface area (Å²) in [4.78, 5) is 0. The Labute approximate surface area is 93.7 Å². The lowest BCUT2D eigenvalue weighted by atomic mass is 9.83. The van der Waals surface area contributed by atoms with E-state index in [9.17, 15) is 4.39 Å². The molecular weight excluding hydrogens is 243 g/mol. The molecule has 0 fully saturated rings. The minimum atomic E-state index is -0.143. The van der Waals surface area contributed by atoms with Gasteiger partial charge in [0.25, 0.3) is 0 Å². The smallest absolute Gasteiger partial charge is 0.123 e. The third-order valence-corrected chi connectivity index (χ3v) is 4.05. The summed E-state index contributed by atoms with van der Waals surface area (Å²) >= 11 is 3.51. The first-order valence-corrected chi connectivity index (χ1v) is 6.02. The second-order valence-corrected chi connectivity index (χ2v) is 4.67. The molecule has 0 N–H and O–H groups in total. The van der Waals surface area contributed by atoms with Crippen LogP contribution in [0.2, 0.25) is 0 Å². The molecule has 1 unspecified atom stereocenters. The summed E-state index contributed by atoms with van der Waals surface area (Å²) in [6, 6.07) is 6.87. The molecule has 2 heteroatoms. The second-order valence-electron chi connectivity index (χ2n) is 4.10. The summed E-state index contributed by atoms with van der Waals surface area (Å²) < 4.78 is 12.9. The normalized spacial score (nSPS) is 15.1. The first kappa shape index (κ1) is 11.7. The minimum Gasteiger partial charge on any atom is -0.207 e. The number of benzene rings is 1. The molecule has 78 valence electrons. The van der Waals surface area contributed by atoms with E-state index >= 15 is 0 Å². The number of halogens is 2. The summed E-state index contributed by atoms with van der Waals surface area (Å²) in [5, 5.41) is 0.951. The minimum absolute atomic E-state index is 0.143. The molecule has 0 bridgehead atoms. The third-order valence-electron chi connectivity index (χ3n) is 2.70. The summed E-state index contributed by atoms with van der Waals surface area (Å²) in [5.74, 6) is -0.143. The maximum atomic E-state index is 12.9. The van der Waals surface area contributed by atoms with Gasteiger partial charge in [-0.2, -0.15) is 0 Å². The Morgan fingerprint density at radius 2 is 2.14 bits per heavy atom. The second kappa shape index (κ2) is 4.92. The molecule has 0 aromatic heterocycles. The number of rotatable bonds is 4. The molecule has 0 amide bonds. The van der Waals surface area contributed by atoms with E-state index in [1.165, 1.54) is 6.07 Å². The molecular formula is C12H16BrF. The zero-order valence-electron chi connectivity index (χ0n) is 8.69. The molecule has 1 aromatic rings. The number of hydrogen-bond donors (Lipinski definition) is 0. The maximum absolute atomic E-state index is 12.9. The van der Waals surface area contributed by atoms with E-state index in [1.807, 2.05) is 6.07 Å². The Morgan fingerprint density at radius 3 is 2.64 bits per heavy atom. The van der Waals surface area contributed by atoms with Gasteiger partial charge >= 0.3 is 0 Å². The summed E-state index contributed by atoms with van der Waals surface area (Å²) in [7, 11) is 0. The molecule has 0 nitrogen and oxygen atoms in total. The molecule has 0 aliphatic carbocycles. The van der Waals surface area contributed by atoms with Gasteiger partial charge in [-0.25, -0.2) is 4.39 Å². The van der Waals surface area contributed by atoms with Crippen LogP contribution < -0.4 is 0 Å². The Morgan fingerprint density at radius 1 is 1.43 bits per heavy atom. The van der Waals surface area contributed by atoms with Gasteiger partial charge in [-0.3, -0.25) is 0 Å². The lowest BCUT2D eigenvalue weighted by Gasteiger charge is -2.25. The predicted octanol–water partition coefficient (Wildman–Crippen LogP) is 4.18. The molecule has 1 aromatic carbocycles. The van der Waals surface area contributed by atoms with Gasteiger partial charge in [0.15, 0.2) is 0 Å². The van der Waals surface area contributed by atoms with Gasteiger partial charge in [0.05, 0.1) is 0 Å². The van der Waals surface area contributed by atoms with Crippen LogP contribution in [0.3, 0.4) is 0 Å². The van der Waals surface area contributed by atoms with Crippen LogP contribution in [-0.2, 0) is 6.42 Å². The van der Waals surface area contributed by atoms with Crippen molar-refractivity contribution in [2.45, 2.75) is 26.7 Å². The van der Waals surface area contributed by atoms with E-state index in [1.54, 1.807) is 12.1 Å². The van der Waals surface area contributed by atoms with E-state index in [-0.39, 0.29) is 11.2 Å². The van der Waals surface area contributed by atoms with Crippen molar-refractivity contribution in [2.24, 2.45) is 5.41 Å². The zero-order chi connectivity index (χ0) is 10.6. The molecule has 0 heterocycles. The summed E-state index contributed by atoms with van der Waals surface area (Å²) in [5.41, 5.74) is 1.31. The van der Waals surface area contributed by atoms with Gasteiger partial charge in [0.2, 0.25) is 0 Å². The average molecular weight is 259 g/mol. The van der Waals surface area contributed by atoms with Gasteiger partial charge in [0, 0.05) is 5.33 Å². The highest BCUT2D eigenvalue weighted by molar-refractivity contribution is 9.09. The highest BCUT2D eigenvalue weighted by Gasteiger charge is 2.20. The fraction of sp³-hybridized carbons (Fsp3) is 0.500. The Hall–Kier alpha value is -0.370. The fourth-order valence-corrected chi connectivity index (χ4v) is 2.00. The van der Waals surface area contributed by atoms with Gasteiger partial charge in [-0.15, -0.1) is 0 Å². The zero-order valence-corrected chi connectivity index (χ0v) is 10.3. The van der Waals surface area contributed by atoms with Crippen molar-refractivity contribution < 1.29 is 4.39 Å². The average Bonchev–Trinajstić information content (AvgIpc) is 2.18. The van der Waals surface area contributed by atoms with Gasteiger partial charge in [-0.1, -0.05) is 41.9 Å². The number of alkyl halides is 1. The molecule has 0 radical (unpaired) electrons. The van der Waals surface area contributed by atoms with E-state index in [0.717, 1.165) is 23.7 Å². The van der Waals surface area contributed by atoms with Crippen molar-refractivity contribution in [3.63, 3.8) is 0 Å². The summed E-state index contributed by atoms with van der Waals surface area (Å²) in [6.07, 6.45) is 2.02. The molecule has 0 aliphatic rings. The molecule has 0 aliphatic heterocycles. The van der Waals surface area contributed by atoms with Crippen LogP contribution in [0.15, 0.2) is 24.3 Å². The van der Waals surface area contributed by atoms with E-state index in [2.05, 4.69) is 29.8 Å². The van der Waals surface area contributed by atoms with Crippen LogP contribution in [0.25, 0.3) is 0 Å². The van der Waals surface area contributed by atoms with Crippen molar-refractivity contribution in [2.75, 3.05) is 5.33 Å². The molecule has 0 spiro atoms. The van der Waals surface area contributed by atoms with Gasteiger partial charge in [-0.05, 0) is 36.0 Å². The van der Waals surface area contributed by atoms with Gasteiger partial charge < -0.3 is 0 Å². The van der Waals surface area contributed by atoms with Crippen LogP contribution in [0.5, 0.6) is 0 Å². The Bertz CT molecular complexity index is 292. The van der Waals surface area contributed by atoms with Crippen molar-refractivity contribution in [1.82, 2.24) is 0 Å². The Kier molecular flexibility index (Phi) is 4.11. The standard InChI is InChI=1S/C12H16BrF/c1-3-12(2,9-13)8-10-5-4-6-11(14)7-10/h4-7H,3,8-9H2,1-2H3. The highest BCUT2D eigenvalue weighted by Crippen LogP contribution is 2.28. The number of hydrogen-bond acceptors (Lipinski definition) is 0. The molecule has 14 heavy (non-hydrogen) atoms. The van der Waals surface area contributed by atoms with Crippen molar-refractivity contribution >= 4 is 15.9 Å². The predicted molar refractivity (Wildman–Crippen MR) is 62.3 cm³/mol. The quantitative estimate of drug-likeness (QED) is 0.711. The van der Waals surface area contributed by atoms with E-state index < -0.39 is 0 Å². The lowest BCUT2D eigenvalue weighted by Crippen LogP contribution is -2.20. The monoisotopic (exact) mass is 258 g/mol.